The molecule has 1 aliphatic heterocycles. The zero-order valence-corrected chi connectivity index (χ0v) is 11.6. The Morgan fingerprint density at radius 1 is 1.58 bits per heavy atom. The van der Waals surface area contributed by atoms with Crippen LogP contribution < -0.4 is 5.32 Å². The number of nitrogens with zero attached hydrogens (tertiary/aromatic N) is 2. The fraction of sp³-hybridized carbons (Fsp3) is 0.571. The molecule has 0 saturated carbocycles. The fourth-order valence-electron chi connectivity index (χ4n) is 2.23. The van der Waals surface area contributed by atoms with Crippen LogP contribution in [0.15, 0.2) is 18.5 Å². The summed E-state index contributed by atoms with van der Waals surface area (Å²) in [6.07, 6.45) is 4.45. The third-order valence-corrected chi connectivity index (χ3v) is 3.30. The van der Waals surface area contributed by atoms with E-state index in [0.717, 1.165) is 18.7 Å². The topological polar surface area (TPSA) is 54.5 Å². The quantitative estimate of drug-likeness (QED) is 0.899. The second-order valence-corrected chi connectivity index (χ2v) is 4.60. The summed E-state index contributed by atoms with van der Waals surface area (Å²) in [5, 5.41) is 3.18. The van der Waals surface area contributed by atoms with Crippen molar-refractivity contribution >= 4 is 11.6 Å². The van der Waals surface area contributed by atoms with Crippen molar-refractivity contribution in [3.63, 3.8) is 0 Å². The van der Waals surface area contributed by atoms with Crippen molar-refractivity contribution in [3.8, 4) is 0 Å². The molecule has 0 radical (unpaired) electrons. The molecule has 1 atom stereocenters. The number of carbonyl (C=O) groups excluding carboxylic acids is 1. The number of carbonyl (C=O) groups is 1. The standard InChI is InChI=1S/C14H21N3O2/c1-3-11-10-17(7-8-19-11)14(18)12-5-6-15-9-13(12)16-4-2/h5-6,9,11,16H,3-4,7-8,10H2,1-2H3. The van der Waals surface area contributed by atoms with Crippen LogP contribution in [0.25, 0.3) is 0 Å². The van der Waals surface area contributed by atoms with E-state index >= 15 is 0 Å². The van der Waals surface area contributed by atoms with Gasteiger partial charge in [0.2, 0.25) is 0 Å². The van der Waals surface area contributed by atoms with E-state index < -0.39 is 0 Å². The monoisotopic (exact) mass is 263 g/mol. The first kappa shape index (κ1) is 13.8. The number of pyridine rings is 1. The minimum Gasteiger partial charge on any atom is -0.383 e. The van der Waals surface area contributed by atoms with Crippen LogP contribution in [-0.2, 0) is 4.74 Å². The zero-order valence-electron chi connectivity index (χ0n) is 11.6. The van der Waals surface area contributed by atoms with E-state index in [2.05, 4.69) is 17.2 Å². The van der Waals surface area contributed by atoms with Crippen LogP contribution in [-0.4, -0.2) is 48.1 Å². The predicted molar refractivity (Wildman–Crippen MR) is 74.3 cm³/mol. The molecule has 1 amide bonds. The maximum absolute atomic E-state index is 12.6. The van der Waals surface area contributed by atoms with E-state index in [1.165, 1.54) is 0 Å². The number of ether oxygens (including phenoxy) is 1. The Bertz CT molecular complexity index is 436. The number of hydrogen-bond donors (Lipinski definition) is 1. The number of morpholine rings is 1. The largest absolute Gasteiger partial charge is 0.383 e. The smallest absolute Gasteiger partial charge is 0.256 e. The first-order valence-corrected chi connectivity index (χ1v) is 6.85. The molecule has 5 nitrogen and oxygen atoms in total. The second-order valence-electron chi connectivity index (χ2n) is 4.60. The van der Waals surface area contributed by atoms with Crippen LogP contribution in [0.3, 0.4) is 0 Å². The second kappa shape index (κ2) is 6.52. The summed E-state index contributed by atoms with van der Waals surface area (Å²) in [6.45, 7) is 6.79. The number of aromatic nitrogens is 1. The van der Waals surface area contributed by atoms with Gasteiger partial charge < -0.3 is 15.0 Å². The number of anilines is 1. The van der Waals surface area contributed by atoms with Gasteiger partial charge in [0.1, 0.15) is 0 Å². The van der Waals surface area contributed by atoms with Crippen molar-refractivity contribution in [2.45, 2.75) is 26.4 Å². The van der Waals surface area contributed by atoms with E-state index in [1.807, 2.05) is 11.8 Å². The van der Waals surface area contributed by atoms with Gasteiger partial charge in [-0.15, -0.1) is 0 Å². The molecule has 1 N–H and O–H groups in total. The van der Waals surface area contributed by atoms with Crippen molar-refractivity contribution in [2.75, 3.05) is 31.6 Å². The normalized spacial score (nSPS) is 19.3. The number of amides is 1. The van der Waals surface area contributed by atoms with E-state index in [0.29, 0.717) is 25.3 Å². The SMILES string of the molecule is CCNc1cnccc1C(=O)N1CCOC(CC)C1. The van der Waals surface area contributed by atoms with Crippen LogP contribution in [0, 0.1) is 0 Å². The predicted octanol–water partition coefficient (Wildman–Crippen LogP) is 1.76. The van der Waals surface area contributed by atoms with Gasteiger partial charge >= 0.3 is 0 Å². The van der Waals surface area contributed by atoms with Gasteiger partial charge in [0, 0.05) is 25.8 Å². The Hall–Kier alpha value is -1.62. The molecular formula is C14H21N3O2. The summed E-state index contributed by atoms with van der Waals surface area (Å²) < 4.78 is 5.60. The van der Waals surface area contributed by atoms with E-state index in [4.69, 9.17) is 4.74 Å². The Balaban J connectivity index is 2.14. The highest BCUT2D eigenvalue weighted by molar-refractivity contribution is 5.99. The number of nitrogens with one attached hydrogen (secondary N) is 1. The van der Waals surface area contributed by atoms with Gasteiger partial charge in [-0.05, 0) is 19.4 Å². The molecule has 104 valence electrons. The Kier molecular flexibility index (Phi) is 4.74. The zero-order chi connectivity index (χ0) is 13.7. The molecule has 19 heavy (non-hydrogen) atoms. The highest BCUT2D eigenvalue weighted by Crippen LogP contribution is 2.18. The molecule has 1 saturated heterocycles. The number of rotatable bonds is 4. The average Bonchev–Trinajstić information content (AvgIpc) is 2.47. The van der Waals surface area contributed by atoms with Crippen LogP contribution in [0.4, 0.5) is 5.69 Å². The van der Waals surface area contributed by atoms with Crippen molar-refractivity contribution in [1.82, 2.24) is 9.88 Å². The molecule has 1 fully saturated rings. The summed E-state index contributed by atoms with van der Waals surface area (Å²) >= 11 is 0. The third-order valence-electron chi connectivity index (χ3n) is 3.30. The van der Waals surface area contributed by atoms with Crippen molar-refractivity contribution in [3.05, 3.63) is 24.0 Å². The minimum absolute atomic E-state index is 0.0556. The molecule has 1 aromatic rings. The summed E-state index contributed by atoms with van der Waals surface area (Å²) in [5.74, 6) is 0.0556. The molecule has 0 aliphatic carbocycles. The molecule has 2 heterocycles. The lowest BCUT2D eigenvalue weighted by atomic mass is 10.1. The Morgan fingerprint density at radius 3 is 3.16 bits per heavy atom. The lowest BCUT2D eigenvalue weighted by Gasteiger charge is -2.32. The molecule has 0 spiro atoms. The summed E-state index contributed by atoms with van der Waals surface area (Å²) in [6, 6.07) is 1.77. The molecule has 0 aromatic carbocycles. The maximum atomic E-state index is 12.6. The fourth-order valence-corrected chi connectivity index (χ4v) is 2.23. The van der Waals surface area contributed by atoms with E-state index in [1.54, 1.807) is 18.5 Å². The third kappa shape index (κ3) is 3.23. The lowest BCUT2D eigenvalue weighted by Crippen LogP contribution is -2.45. The van der Waals surface area contributed by atoms with Gasteiger partial charge in [-0.3, -0.25) is 9.78 Å². The molecule has 1 aliphatic rings. The van der Waals surface area contributed by atoms with E-state index in [9.17, 15) is 4.79 Å². The molecule has 2 rings (SSSR count). The van der Waals surface area contributed by atoms with Gasteiger partial charge in [-0.2, -0.15) is 0 Å². The highest BCUT2D eigenvalue weighted by Gasteiger charge is 2.25. The van der Waals surface area contributed by atoms with Gasteiger partial charge in [0.25, 0.3) is 5.91 Å². The molecular weight excluding hydrogens is 242 g/mol. The van der Waals surface area contributed by atoms with Gasteiger partial charge in [-0.1, -0.05) is 6.92 Å². The van der Waals surface area contributed by atoms with Crippen molar-refractivity contribution in [1.29, 1.82) is 0 Å². The molecule has 5 heteroatoms. The molecule has 1 unspecified atom stereocenters. The lowest BCUT2D eigenvalue weighted by molar-refractivity contribution is -0.0226. The van der Waals surface area contributed by atoms with Gasteiger partial charge in [-0.25, -0.2) is 0 Å². The average molecular weight is 263 g/mol. The number of hydrogen-bond acceptors (Lipinski definition) is 4. The minimum atomic E-state index is 0.0556. The highest BCUT2D eigenvalue weighted by atomic mass is 16.5. The Morgan fingerprint density at radius 2 is 2.42 bits per heavy atom. The summed E-state index contributed by atoms with van der Waals surface area (Å²) in [5.41, 5.74) is 1.49. The summed E-state index contributed by atoms with van der Waals surface area (Å²) in [4.78, 5) is 18.5. The first-order chi connectivity index (χ1) is 9.26. The van der Waals surface area contributed by atoms with Gasteiger partial charge in [0.15, 0.2) is 0 Å². The van der Waals surface area contributed by atoms with Gasteiger partial charge in [0.05, 0.1) is 30.2 Å². The van der Waals surface area contributed by atoms with Crippen molar-refractivity contribution in [2.24, 2.45) is 0 Å². The molecule has 1 aromatic heterocycles. The van der Waals surface area contributed by atoms with Crippen molar-refractivity contribution < 1.29 is 9.53 Å². The van der Waals surface area contributed by atoms with Crippen LogP contribution in [0.5, 0.6) is 0 Å². The Labute approximate surface area is 114 Å². The van der Waals surface area contributed by atoms with Crippen LogP contribution in [0.1, 0.15) is 30.6 Å². The maximum Gasteiger partial charge on any atom is 0.256 e. The van der Waals surface area contributed by atoms with Crippen LogP contribution >= 0.6 is 0 Å². The first-order valence-electron chi connectivity index (χ1n) is 6.85. The van der Waals surface area contributed by atoms with E-state index in [-0.39, 0.29) is 12.0 Å². The summed E-state index contributed by atoms with van der Waals surface area (Å²) in [7, 11) is 0. The van der Waals surface area contributed by atoms with Crippen LogP contribution in [0.2, 0.25) is 0 Å². The molecule has 0 bridgehead atoms.